The van der Waals surface area contributed by atoms with Crippen molar-refractivity contribution in [1.29, 1.82) is 0 Å². The molecule has 2 rings (SSSR count). The van der Waals surface area contributed by atoms with Crippen LogP contribution in [0.3, 0.4) is 0 Å². The topological polar surface area (TPSA) is 42.2 Å². The van der Waals surface area contributed by atoms with E-state index in [0.717, 1.165) is 18.0 Å². The molecule has 0 saturated heterocycles. The molecule has 0 radical (unpaired) electrons. The van der Waals surface area contributed by atoms with Crippen molar-refractivity contribution in [2.24, 2.45) is 0 Å². The van der Waals surface area contributed by atoms with Gasteiger partial charge in [-0.2, -0.15) is 16.9 Å². The second kappa shape index (κ2) is 7.26. The minimum atomic E-state index is 0.889. The Morgan fingerprint density at radius 2 is 2.11 bits per heavy atom. The third-order valence-corrected chi connectivity index (χ3v) is 3.54. The molecule has 0 atom stereocenters. The van der Waals surface area contributed by atoms with Crippen LogP contribution in [-0.4, -0.2) is 33.2 Å². The van der Waals surface area contributed by atoms with Gasteiger partial charge in [0.05, 0.1) is 6.20 Å². The number of aromatic nitrogens is 3. The van der Waals surface area contributed by atoms with E-state index in [1.54, 1.807) is 10.7 Å². The summed E-state index contributed by atoms with van der Waals surface area (Å²) in [6, 6.07) is 3.88. The third kappa shape index (κ3) is 3.91. The fourth-order valence-electron chi connectivity index (χ4n) is 1.85. The largest absolute Gasteiger partial charge is 0.370 e. The zero-order valence-corrected chi connectivity index (χ0v) is 11.6. The van der Waals surface area contributed by atoms with E-state index in [2.05, 4.69) is 21.7 Å². The predicted molar refractivity (Wildman–Crippen MR) is 78.3 cm³/mol. The molecule has 0 aliphatic carbocycles. The van der Waals surface area contributed by atoms with Crippen molar-refractivity contribution in [3.8, 4) is 0 Å². The number of fused-ring (bicyclic) bond motifs is 1. The van der Waals surface area contributed by atoms with Gasteiger partial charge < -0.3 is 5.32 Å². The molecule has 2 aromatic heterocycles. The van der Waals surface area contributed by atoms with Gasteiger partial charge in [0.2, 0.25) is 0 Å². The van der Waals surface area contributed by atoms with E-state index >= 15 is 0 Å². The molecule has 0 amide bonds. The molecular weight excluding hydrogens is 244 g/mol. The Hall–Kier alpha value is -1.23. The van der Waals surface area contributed by atoms with E-state index in [1.807, 2.05) is 30.1 Å². The summed E-state index contributed by atoms with van der Waals surface area (Å²) in [5, 5.41) is 7.48. The molecule has 0 saturated carbocycles. The van der Waals surface area contributed by atoms with Gasteiger partial charge in [0.25, 0.3) is 0 Å². The van der Waals surface area contributed by atoms with Crippen LogP contribution in [0.5, 0.6) is 0 Å². The maximum Gasteiger partial charge on any atom is 0.157 e. The minimum Gasteiger partial charge on any atom is -0.370 e. The van der Waals surface area contributed by atoms with Crippen LogP contribution in [0.1, 0.15) is 25.7 Å². The van der Waals surface area contributed by atoms with Crippen molar-refractivity contribution in [2.75, 3.05) is 23.9 Å². The van der Waals surface area contributed by atoms with E-state index in [-0.39, 0.29) is 0 Å². The zero-order chi connectivity index (χ0) is 12.6. The van der Waals surface area contributed by atoms with Crippen molar-refractivity contribution < 1.29 is 0 Å². The Morgan fingerprint density at radius 1 is 1.22 bits per heavy atom. The molecule has 0 bridgehead atoms. The van der Waals surface area contributed by atoms with E-state index in [9.17, 15) is 0 Å². The summed E-state index contributed by atoms with van der Waals surface area (Å²) in [6.07, 6.45) is 11.0. The molecule has 0 fully saturated rings. The highest BCUT2D eigenvalue weighted by Gasteiger charge is 1.97. The summed E-state index contributed by atoms with van der Waals surface area (Å²) in [6.45, 7) is 0.997. The molecule has 4 nitrogen and oxygen atoms in total. The number of hydrogen-bond donors (Lipinski definition) is 1. The van der Waals surface area contributed by atoms with Crippen LogP contribution in [0.2, 0.25) is 0 Å². The lowest BCUT2D eigenvalue weighted by Gasteiger charge is -2.05. The van der Waals surface area contributed by atoms with Crippen LogP contribution in [0.25, 0.3) is 5.65 Å². The Labute approximate surface area is 112 Å². The SMILES string of the molecule is CSCCCCCCNc1ccn2nccc2n1. The third-order valence-electron chi connectivity index (χ3n) is 2.84. The van der Waals surface area contributed by atoms with Gasteiger partial charge in [0.15, 0.2) is 5.65 Å². The molecule has 2 heterocycles. The molecule has 5 heteroatoms. The molecule has 18 heavy (non-hydrogen) atoms. The van der Waals surface area contributed by atoms with Crippen LogP contribution in [0.4, 0.5) is 5.82 Å². The lowest BCUT2D eigenvalue weighted by molar-refractivity contribution is 0.688. The number of thioether (sulfide) groups is 1. The summed E-state index contributed by atoms with van der Waals surface area (Å²) in [5.74, 6) is 2.22. The normalized spacial score (nSPS) is 10.9. The quantitative estimate of drug-likeness (QED) is 0.744. The second-order valence-corrected chi connectivity index (χ2v) is 5.27. The van der Waals surface area contributed by atoms with Crippen LogP contribution in [0.15, 0.2) is 24.5 Å². The molecule has 0 spiro atoms. The summed E-state index contributed by atoms with van der Waals surface area (Å²) < 4.78 is 1.77. The van der Waals surface area contributed by atoms with Gasteiger partial charge in [-0.05, 0) is 30.9 Å². The summed E-state index contributed by atoms with van der Waals surface area (Å²) in [5.41, 5.74) is 0.889. The Morgan fingerprint density at radius 3 is 3.00 bits per heavy atom. The monoisotopic (exact) mass is 264 g/mol. The maximum absolute atomic E-state index is 4.47. The van der Waals surface area contributed by atoms with Crippen LogP contribution in [0, 0.1) is 0 Å². The highest BCUT2D eigenvalue weighted by molar-refractivity contribution is 7.98. The summed E-state index contributed by atoms with van der Waals surface area (Å²) in [4.78, 5) is 4.47. The van der Waals surface area contributed by atoms with Gasteiger partial charge in [-0.3, -0.25) is 0 Å². The first kappa shape index (κ1) is 13.2. The Kier molecular flexibility index (Phi) is 5.33. The van der Waals surface area contributed by atoms with Crippen molar-refractivity contribution in [1.82, 2.24) is 14.6 Å². The average molecular weight is 264 g/mol. The second-order valence-electron chi connectivity index (χ2n) is 4.28. The fraction of sp³-hybridized carbons (Fsp3) is 0.538. The summed E-state index contributed by atoms with van der Waals surface area (Å²) >= 11 is 1.93. The van der Waals surface area contributed by atoms with Gasteiger partial charge >= 0.3 is 0 Å². The van der Waals surface area contributed by atoms with Gasteiger partial charge in [-0.25, -0.2) is 9.50 Å². The number of nitrogens with zero attached hydrogens (tertiary/aromatic N) is 3. The smallest absolute Gasteiger partial charge is 0.157 e. The molecule has 0 unspecified atom stereocenters. The van der Waals surface area contributed by atoms with Crippen LogP contribution in [-0.2, 0) is 0 Å². The van der Waals surface area contributed by atoms with Crippen molar-refractivity contribution in [3.63, 3.8) is 0 Å². The lowest BCUT2D eigenvalue weighted by Crippen LogP contribution is -2.04. The maximum atomic E-state index is 4.47. The van der Waals surface area contributed by atoms with Gasteiger partial charge in [0.1, 0.15) is 5.82 Å². The molecule has 1 N–H and O–H groups in total. The summed E-state index contributed by atoms with van der Waals surface area (Å²) in [7, 11) is 0. The number of nitrogens with one attached hydrogen (secondary N) is 1. The highest BCUT2D eigenvalue weighted by Crippen LogP contribution is 2.07. The highest BCUT2D eigenvalue weighted by atomic mass is 32.2. The fourth-order valence-corrected chi connectivity index (χ4v) is 2.35. The van der Waals surface area contributed by atoms with Crippen LogP contribution >= 0.6 is 11.8 Å². The molecular formula is C13H20N4S. The standard InChI is InChI=1S/C13H20N4S/c1-18-11-5-3-2-4-8-14-12-7-10-17-13(16-12)6-9-15-17/h6-7,9-10H,2-5,8,11H2,1H3,(H,14,16). The van der Waals surface area contributed by atoms with Gasteiger partial charge in [0, 0.05) is 18.8 Å². The van der Waals surface area contributed by atoms with E-state index < -0.39 is 0 Å². The number of anilines is 1. The number of unbranched alkanes of at least 4 members (excludes halogenated alkanes) is 3. The molecule has 98 valence electrons. The lowest BCUT2D eigenvalue weighted by atomic mass is 10.2. The Balaban J connectivity index is 1.67. The zero-order valence-electron chi connectivity index (χ0n) is 10.8. The first-order valence-electron chi connectivity index (χ1n) is 6.43. The average Bonchev–Trinajstić information content (AvgIpc) is 2.85. The van der Waals surface area contributed by atoms with Crippen molar-refractivity contribution >= 4 is 23.2 Å². The first-order valence-corrected chi connectivity index (χ1v) is 7.83. The Bertz CT molecular complexity index is 469. The number of rotatable bonds is 8. The van der Waals surface area contributed by atoms with Crippen molar-refractivity contribution in [2.45, 2.75) is 25.7 Å². The van der Waals surface area contributed by atoms with E-state index in [0.29, 0.717) is 0 Å². The molecule has 0 aliphatic heterocycles. The minimum absolute atomic E-state index is 0.889. The van der Waals surface area contributed by atoms with Gasteiger partial charge in [-0.1, -0.05) is 12.8 Å². The predicted octanol–water partition coefficient (Wildman–Crippen LogP) is 3.06. The number of hydrogen-bond acceptors (Lipinski definition) is 4. The van der Waals surface area contributed by atoms with Crippen molar-refractivity contribution in [3.05, 3.63) is 24.5 Å². The van der Waals surface area contributed by atoms with E-state index in [4.69, 9.17) is 0 Å². The van der Waals surface area contributed by atoms with E-state index in [1.165, 1.54) is 31.4 Å². The van der Waals surface area contributed by atoms with Crippen LogP contribution < -0.4 is 5.32 Å². The first-order chi connectivity index (χ1) is 8.90. The molecule has 0 aliphatic rings. The molecule has 2 aromatic rings. The van der Waals surface area contributed by atoms with Gasteiger partial charge in [-0.15, -0.1) is 0 Å². The molecule has 0 aromatic carbocycles.